The summed E-state index contributed by atoms with van der Waals surface area (Å²) >= 11 is 1.43. The first-order valence-corrected chi connectivity index (χ1v) is 8.66. The van der Waals surface area contributed by atoms with Gasteiger partial charge in [-0.3, -0.25) is 14.5 Å². The molecule has 3 rings (SSSR count). The molecule has 1 fully saturated rings. The number of benzene rings is 1. The maximum absolute atomic E-state index is 12.0. The molecule has 2 amide bonds. The Morgan fingerprint density at radius 3 is 2.87 bits per heavy atom. The standard InChI is InChI=1S/C17H19N3O2S/c21-15(18-9-8-13-5-2-1-3-6-13)11-14-12-23-17(19-14)20-10-4-7-16(20)22/h1-3,5-6,12H,4,7-11H2,(H,18,21). The van der Waals surface area contributed by atoms with Crippen LogP contribution in [0.25, 0.3) is 0 Å². The third-order valence-corrected chi connectivity index (χ3v) is 4.68. The molecule has 5 nitrogen and oxygen atoms in total. The van der Waals surface area contributed by atoms with Crippen molar-refractivity contribution in [2.24, 2.45) is 0 Å². The van der Waals surface area contributed by atoms with Crippen LogP contribution in [0.3, 0.4) is 0 Å². The lowest BCUT2D eigenvalue weighted by atomic mass is 10.1. The van der Waals surface area contributed by atoms with E-state index >= 15 is 0 Å². The fourth-order valence-corrected chi connectivity index (χ4v) is 3.44. The Balaban J connectivity index is 1.46. The predicted molar refractivity (Wildman–Crippen MR) is 90.6 cm³/mol. The van der Waals surface area contributed by atoms with Crippen molar-refractivity contribution in [1.82, 2.24) is 10.3 Å². The minimum absolute atomic E-state index is 0.0365. The van der Waals surface area contributed by atoms with Crippen LogP contribution in [-0.4, -0.2) is 29.9 Å². The van der Waals surface area contributed by atoms with Gasteiger partial charge in [-0.1, -0.05) is 30.3 Å². The highest BCUT2D eigenvalue weighted by Crippen LogP contribution is 2.25. The summed E-state index contributed by atoms with van der Waals surface area (Å²) < 4.78 is 0. The molecule has 23 heavy (non-hydrogen) atoms. The average Bonchev–Trinajstić information content (AvgIpc) is 3.17. The molecule has 0 spiro atoms. The quantitative estimate of drug-likeness (QED) is 0.883. The van der Waals surface area contributed by atoms with Gasteiger partial charge in [0.2, 0.25) is 11.8 Å². The minimum atomic E-state index is -0.0365. The molecule has 0 saturated carbocycles. The molecular formula is C17H19N3O2S. The zero-order chi connectivity index (χ0) is 16.1. The van der Waals surface area contributed by atoms with E-state index in [4.69, 9.17) is 0 Å². The Morgan fingerprint density at radius 1 is 1.30 bits per heavy atom. The first-order chi connectivity index (χ1) is 11.2. The van der Waals surface area contributed by atoms with Crippen molar-refractivity contribution in [2.45, 2.75) is 25.7 Å². The number of hydrogen-bond acceptors (Lipinski definition) is 4. The van der Waals surface area contributed by atoms with Crippen LogP contribution in [0.5, 0.6) is 0 Å². The summed E-state index contributed by atoms with van der Waals surface area (Å²) in [6.07, 6.45) is 2.55. The minimum Gasteiger partial charge on any atom is -0.355 e. The second-order valence-electron chi connectivity index (χ2n) is 5.53. The molecule has 2 heterocycles. The van der Waals surface area contributed by atoms with Crippen LogP contribution in [0.15, 0.2) is 35.7 Å². The maximum Gasteiger partial charge on any atom is 0.228 e. The SMILES string of the molecule is O=C(Cc1csc(N2CCCC2=O)n1)NCCc1ccccc1. The number of anilines is 1. The zero-order valence-electron chi connectivity index (χ0n) is 12.8. The molecule has 0 atom stereocenters. The van der Waals surface area contributed by atoms with Gasteiger partial charge in [-0.15, -0.1) is 11.3 Å². The van der Waals surface area contributed by atoms with Gasteiger partial charge in [0.15, 0.2) is 5.13 Å². The van der Waals surface area contributed by atoms with Crippen molar-refractivity contribution < 1.29 is 9.59 Å². The van der Waals surface area contributed by atoms with Crippen LogP contribution >= 0.6 is 11.3 Å². The summed E-state index contributed by atoms with van der Waals surface area (Å²) in [6.45, 7) is 1.35. The smallest absolute Gasteiger partial charge is 0.228 e. The van der Waals surface area contributed by atoms with Gasteiger partial charge in [0.05, 0.1) is 12.1 Å². The molecule has 1 N–H and O–H groups in total. The molecule has 1 aliphatic heterocycles. The van der Waals surface area contributed by atoms with Crippen molar-refractivity contribution >= 4 is 28.3 Å². The monoisotopic (exact) mass is 329 g/mol. The van der Waals surface area contributed by atoms with E-state index in [2.05, 4.69) is 10.3 Å². The van der Waals surface area contributed by atoms with Crippen molar-refractivity contribution in [1.29, 1.82) is 0 Å². The van der Waals surface area contributed by atoms with Gasteiger partial charge < -0.3 is 5.32 Å². The molecule has 1 aliphatic rings. The van der Waals surface area contributed by atoms with Gasteiger partial charge >= 0.3 is 0 Å². The molecule has 0 unspecified atom stereocenters. The third kappa shape index (κ3) is 4.16. The molecule has 1 aromatic heterocycles. The van der Waals surface area contributed by atoms with Crippen LogP contribution in [-0.2, 0) is 22.4 Å². The number of nitrogens with one attached hydrogen (secondary N) is 1. The van der Waals surface area contributed by atoms with E-state index < -0.39 is 0 Å². The van der Waals surface area contributed by atoms with Crippen LogP contribution in [0, 0.1) is 0 Å². The Hall–Kier alpha value is -2.21. The van der Waals surface area contributed by atoms with Gasteiger partial charge in [0.1, 0.15) is 0 Å². The van der Waals surface area contributed by atoms with Crippen LogP contribution in [0.2, 0.25) is 0 Å². The van der Waals surface area contributed by atoms with E-state index in [1.165, 1.54) is 16.9 Å². The lowest BCUT2D eigenvalue weighted by Gasteiger charge is -2.10. The highest BCUT2D eigenvalue weighted by atomic mass is 32.1. The molecule has 6 heteroatoms. The third-order valence-electron chi connectivity index (χ3n) is 3.76. The number of nitrogens with zero attached hydrogens (tertiary/aromatic N) is 2. The van der Waals surface area contributed by atoms with Crippen molar-refractivity contribution in [3.05, 3.63) is 47.0 Å². The number of rotatable bonds is 6. The highest BCUT2D eigenvalue weighted by molar-refractivity contribution is 7.14. The Bertz CT molecular complexity index is 684. The van der Waals surface area contributed by atoms with Gasteiger partial charge in [-0.25, -0.2) is 4.98 Å². The molecule has 120 valence electrons. The summed E-state index contributed by atoms with van der Waals surface area (Å²) in [6, 6.07) is 10.1. The Kier molecular flexibility index (Phi) is 5.02. The van der Waals surface area contributed by atoms with E-state index in [9.17, 15) is 9.59 Å². The molecule has 0 bridgehead atoms. The largest absolute Gasteiger partial charge is 0.355 e. The molecule has 0 radical (unpaired) electrons. The number of thiazole rings is 1. The maximum atomic E-state index is 12.0. The second kappa shape index (κ2) is 7.37. The lowest BCUT2D eigenvalue weighted by molar-refractivity contribution is -0.120. The summed E-state index contributed by atoms with van der Waals surface area (Å²) in [5.74, 6) is 0.0868. The predicted octanol–water partition coefficient (Wildman–Crippen LogP) is 2.17. The summed E-state index contributed by atoms with van der Waals surface area (Å²) in [5, 5.41) is 5.48. The second-order valence-corrected chi connectivity index (χ2v) is 6.37. The van der Waals surface area contributed by atoms with E-state index in [-0.39, 0.29) is 18.2 Å². The highest BCUT2D eigenvalue weighted by Gasteiger charge is 2.24. The molecule has 0 aliphatic carbocycles. The van der Waals surface area contributed by atoms with Crippen molar-refractivity contribution in [3.8, 4) is 0 Å². The fraction of sp³-hybridized carbons (Fsp3) is 0.353. The first kappa shape index (κ1) is 15.7. The summed E-state index contributed by atoms with van der Waals surface area (Å²) in [7, 11) is 0. The summed E-state index contributed by atoms with van der Waals surface area (Å²) in [5.41, 5.74) is 1.93. The lowest BCUT2D eigenvalue weighted by Crippen LogP contribution is -2.27. The average molecular weight is 329 g/mol. The number of hydrogen-bond donors (Lipinski definition) is 1. The van der Waals surface area contributed by atoms with Crippen LogP contribution < -0.4 is 10.2 Å². The number of carbonyl (C=O) groups is 2. The topological polar surface area (TPSA) is 62.3 Å². The first-order valence-electron chi connectivity index (χ1n) is 7.78. The van der Waals surface area contributed by atoms with Crippen LogP contribution in [0.4, 0.5) is 5.13 Å². The molecule has 1 saturated heterocycles. The molecule has 2 aromatic rings. The zero-order valence-corrected chi connectivity index (χ0v) is 13.6. The Labute approximate surface area is 139 Å². The molecule has 1 aromatic carbocycles. The number of amides is 2. The van der Waals surface area contributed by atoms with Crippen molar-refractivity contribution in [3.63, 3.8) is 0 Å². The van der Waals surface area contributed by atoms with Crippen LogP contribution in [0.1, 0.15) is 24.1 Å². The van der Waals surface area contributed by atoms with E-state index in [0.717, 1.165) is 25.1 Å². The van der Waals surface area contributed by atoms with Gasteiger partial charge in [0, 0.05) is 24.9 Å². The van der Waals surface area contributed by atoms with E-state index in [1.54, 1.807) is 4.90 Å². The van der Waals surface area contributed by atoms with Crippen molar-refractivity contribution in [2.75, 3.05) is 18.0 Å². The van der Waals surface area contributed by atoms with E-state index in [0.29, 0.717) is 18.1 Å². The van der Waals surface area contributed by atoms with E-state index in [1.807, 2.05) is 35.7 Å². The summed E-state index contributed by atoms with van der Waals surface area (Å²) in [4.78, 5) is 29.8. The fourth-order valence-electron chi connectivity index (χ4n) is 2.57. The van der Waals surface area contributed by atoms with Gasteiger partial charge in [0.25, 0.3) is 0 Å². The normalized spacial score (nSPS) is 14.3. The Morgan fingerprint density at radius 2 is 2.13 bits per heavy atom. The molecular weight excluding hydrogens is 310 g/mol. The number of aromatic nitrogens is 1. The van der Waals surface area contributed by atoms with Gasteiger partial charge in [-0.2, -0.15) is 0 Å². The number of carbonyl (C=O) groups excluding carboxylic acids is 2. The van der Waals surface area contributed by atoms with Gasteiger partial charge in [-0.05, 0) is 18.4 Å².